The fraction of sp³-hybridized carbons (Fsp3) is 0.800. The van der Waals surface area contributed by atoms with Crippen LogP contribution in [0.15, 0.2) is 15.0 Å². The smallest absolute Gasteiger partial charge is 0.191 e. The van der Waals surface area contributed by atoms with Crippen LogP contribution in [0.25, 0.3) is 0 Å². The summed E-state index contributed by atoms with van der Waals surface area (Å²) in [4.78, 5) is 11.9. The maximum Gasteiger partial charge on any atom is 0.191 e. The van der Waals surface area contributed by atoms with Gasteiger partial charge in [-0.25, -0.2) is 0 Å². The first-order valence-corrected chi connectivity index (χ1v) is 9.84. The molecule has 0 saturated carbocycles. The SMILES string of the molecule is CN.CN.CN=C1NCCN1.CN=C1NCCN1.CO.CSC1=NCCN1. The minimum Gasteiger partial charge on any atom is -0.400 e. The average Bonchev–Trinajstić information content (AvgIpc) is 3.56. The van der Waals surface area contributed by atoms with E-state index in [1.54, 1.807) is 25.9 Å². The number of thioether (sulfide) groups is 1. The van der Waals surface area contributed by atoms with Crippen molar-refractivity contribution in [3.05, 3.63) is 0 Å². The monoisotopic (exact) mass is 408 g/mol. The summed E-state index contributed by atoms with van der Waals surface area (Å²) < 4.78 is 0. The van der Waals surface area contributed by atoms with Crippen molar-refractivity contribution < 1.29 is 5.11 Å². The number of hydrogen-bond donors (Lipinski definition) is 8. The van der Waals surface area contributed by atoms with Crippen molar-refractivity contribution in [2.45, 2.75) is 0 Å². The van der Waals surface area contributed by atoms with Gasteiger partial charge in [0.1, 0.15) is 0 Å². The summed E-state index contributed by atoms with van der Waals surface area (Å²) in [5.41, 5.74) is 9.00. The van der Waals surface area contributed by atoms with Crippen molar-refractivity contribution in [2.24, 2.45) is 26.4 Å². The second-order valence-electron chi connectivity index (χ2n) is 4.17. The molecule has 0 amide bonds. The van der Waals surface area contributed by atoms with E-state index in [1.807, 2.05) is 6.26 Å². The normalized spacial score (nSPS) is 14.9. The van der Waals surface area contributed by atoms with Crippen molar-refractivity contribution in [3.63, 3.8) is 0 Å². The molecular weight excluding hydrogens is 368 g/mol. The Balaban J connectivity index is -0.000000281. The fourth-order valence-electron chi connectivity index (χ4n) is 1.68. The molecule has 3 aliphatic rings. The molecule has 10 N–H and O–H groups in total. The van der Waals surface area contributed by atoms with Gasteiger partial charge in [0.2, 0.25) is 0 Å². The lowest BCUT2D eigenvalue weighted by Gasteiger charge is -1.91. The van der Waals surface area contributed by atoms with Gasteiger partial charge in [0.25, 0.3) is 0 Å². The maximum absolute atomic E-state index is 7.00. The predicted octanol–water partition coefficient (Wildman–Crippen LogP) is -2.60. The summed E-state index contributed by atoms with van der Waals surface area (Å²) in [6.45, 7) is 6.00. The summed E-state index contributed by atoms with van der Waals surface area (Å²) in [6, 6.07) is 0. The molecule has 3 rings (SSSR count). The molecule has 3 heterocycles. The van der Waals surface area contributed by atoms with Gasteiger partial charge >= 0.3 is 0 Å². The Morgan fingerprint density at radius 1 is 0.778 bits per heavy atom. The summed E-state index contributed by atoms with van der Waals surface area (Å²) in [6.07, 6.45) is 2.02. The number of guanidine groups is 2. The van der Waals surface area contributed by atoms with Crippen LogP contribution in [0.1, 0.15) is 0 Å². The van der Waals surface area contributed by atoms with Gasteiger partial charge in [0, 0.05) is 53.9 Å². The Kier molecular flexibility index (Phi) is 29.4. The molecule has 0 atom stereocenters. The molecule has 2 saturated heterocycles. The number of aliphatic hydroxyl groups excluding tert-OH is 1. The molecule has 3 aliphatic heterocycles. The largest absolute Gasteiger partial charge is 0.400 e. The first-order chi connectivity index (χ1) is 13.3. The van der Waals surface area contributed by atoms with Crippen molar-refractivity contribution in [2.75, 3.05) is 80.8 Å². The van der Waals surface area contributed by atoms with E-state index < -0.39 is 0 Å². The van der Waals surface area contributed by atoms with Crippen LogP contribution in [0.5, 0.6) is 0 Å². The Morgan fingerprint density at radius 3 is 1.30 bits per heavy atom. The van der Waals surface area contributed by atoms with Crippen molar-refractivity contribution in [1.82, 2.24) is 26.6 Å². The zero-order chi connectivity index (χ0) is 21.3. The van der Waals surface area contributed by atoms with E-state index in [0.29, 0.717) is 0 Å². The van der Waals surface area contributed by atoms with Gasteiger partial charge in [0.15, 0.2) is 17.1 Å². The zero-order valence-electron chi connectivity index (χ0n) is 17.6. The lowest BCUT2D eigenvalue weighted by molar-refractivity contribution is 0.399. The molecule has 0 radical (unpaired) electrons. The molecule has 0 bridgehead atoms. The van der Waals surface area contributed by atoms with E-state index in [9.17, 15) is 0 Å². The molecule has 0 aromatic carbocycles. The maximum atomic E-state index is 7.00. The van der Waals surface area contributed by atoms with Crippen LogP contribution in [0.4, 0.5) is 0 Å². The van der Waals surface area contributed by atoms with Crippen molar-refractivity contribution in [1.29, 1.82) is 0 Å². The minimum atomic E-state index is 0.917. The molecular formula is C15H40N10OS. The van der Waals surface area contributed by atoms with E-state index in [-0.39, 0.29) is 0 Å². The Labute approximate surface area is 168 Å². The van der Waals surface area contributed by atoms with Crippen LogP contribution in [0.2, 0.25) is 0 Å². The number of aliphatic hydroxyl groups is 1. The molecule has 0 aromatic heterocycles. The summed E-state index contributed by atoms with van der Waals surface area (Å²) in [5.74, 6) is 1.83. The van der Waals surface area contributed by atoms with Crippen LogP contribution >= 0.6 is 11.8 Å². The zero-order valence-corrected chi connectivity index (χ0v) is 18.4. The van der Waals surface area contributed by atoms with E-state index in [0.717, 1.165) is 63.5 Å². The fourth-order valence-corrected chi connectivity index (χ4v) is 2.14. The second-order valence-corrected chi connectivity index (χ2v) is 4.96. The molecule has 0 aromatic rings. The Hall–Kier alpha value is -1.76. The topological polar surface area (TPSA) is 170 Å². The summed E-state index contributed by atoms with van der Waals surface area (Å²) in [7, 11) is 7.53. The number of nitrogens with one attached hydrogen (secondary N) is 5. The number of rotatable bonds is 0. The van der Waals surface area contributed by atoms with E-state index >= 15 is 0 Å². The van der Waals surface area contributed by atoms with Crippen LogP contribution in [0.3, 0.4) is 0 Å². The second kappa shape index (κ2) is 26.5. The lowest BCUT2D eigenvalue weighted by atomic mass is 10.7. The number of aliphatic imine (C=N–C) groups is 3. The van der Waals surface area contributed by atoms with Crippen molar-refractivity contribution >= 4 is 28.8 Å². The molecule has 27 heavy (non-hydrogen) atoms. The first-order valence-electron chi connectivity index (χ1n) is 8.61. The summed E-state index contributed by atoms with van der Waals surface area (Å²) in [5, 5.41) is 23.4. The van der Waals surface area contributed by atoms with Crippen LogP contribution in [-0.2, 0) is 0 Å². The van der Waals surface area contributed by atoms with Crippen LogP contribution in [-0.4, -0.2) is 103 Å². The van der Waals surface area contributed by atoms with E-state index in [1.165, 1.54) is 14.1 Å². The number of hydrogen-bond acceptors (Lipinski definition) is 8. The van der Waals surface area contributed by atoms with Crippen molar-refractivity contribution in [3.8, 4) is 0 Å². The number of nitrogens with two attached hydrogens (primary N) is 2. The average molecular weight is 409 g/mol. The van der Waals surface area contributed by atoms with Gasteiger partial charge < -0.3 is 43.2 Å². The highest BCUT2D eigenvalue weighted by molar-refractivity contribution is 8.13. The lowest BCUT2D eigenvalue weighted by Crippen LogP contribution is -2.23. The minimum absolute atomic E-state index is 0.917. The van der Waals surface area contributed by atoms with Gasteiger partial charge in [-0.1, -0.05) is 11.8 Å². The van der Waals surface area contributed by atoms with Crippen LogP contribution in [0, 0.1) is 0 Å². The van der Waals surface area contributed by atoms with E-state index in [2.05, 4.69) is 53.0 Å². The molecule has 0 aliphatic carbocycles. The van der Waals surface area contributed by atoms with Crippen LogP contribution < -0.4 is 38.1 Å². The first kappa shape index (κ1) is 30.0. The third-order valence-electron chi connectivity index (χ3n) is 2.70. The van der Waals surface area contributed by atoms with Gasteiger partial charge in [-0.15, -0.1) is 0 Å². The van der Waals surface area contributed by atoms with Gasteiger partial charge in [0.05, 0.1) is 6.54 Å². The number of nitrogens with zero attached hydrogens (tertiary/aromatic N) is 3. The van der Waals surface area contributed by atoms with Gasteiger partial charge in [-0.3, -0.25) is 15.0 Å². The molecule has 0 unspecified atom stereocenters. The highest BCUT2D eigenvalue weighted by Gasteiger charge is 2.01. The highest BCUT2D eigenvalue weighted by atomic mass is 32.2. The molecule has 0 spiro atoms. The van der Waals surface area contributed by atoms with Gasteiger partial charge in [-0.2, -0.15) is 0 Å². The third-order valence-corrected chi connectivity index (χ3v) is 3.36. The molecule has 162 valence electrons. The Bertz CT molecular complexity index is 351. The predicted molar refractivity (Wildman–Crippen MR) is 121 cm³/mol. The van der Waals surface area contributed by atoms with Gasteiger partial charge in [-0.05, 0) is 20.4 Å². The molecule has 11 nitrogen and oxygen atoms in total. The summed E-state index contributed by atoms with van der Waals surface area (Å²) >= 11 is 1.67. The standard InChI is InChI=1S/2C4H9N3.C4H8N2S.2CH5N.CH4O/c2*1-5-4-6-2-3-7-4;1-7-4-5-2-3-6-4;3*1-2/h2*2-3H2,1H3,(H2,5,6,7);2-3H2,1H3,(H,5,6);2*2H2,1H3;2H,1H3. The highest BCUT2D eigenvalue weighted by Crippen LogP contribution is 1.97. The van der Waals surface area contributed by atoms with E-state index in [4.69, 9.17) is 5.11 Å². The molecule has 12 heteroatoms. The third kappa shape index (κ3) is 18.8. The Morgan fingerprint density at radius 2 is 1.15 bits per heavy atom. The quantitative estimate of drug-likeness (QED) is 0.214. The number of amidine groups is 1. The molecule has 2 fully saturated rings.